The first kappa shape index (κ1) is 35.2. The molecule has 0 atom stereocenters. The van der Waals surface area contributed by atoms with Gasteiger partial charge in [-0.3, -0.25) is 0 Å². The number of anilines is 3. The van der Waals surface area contributed by atoms with E-state index in [2.05, 4.69) is 217 Å². The molecule has 14 rings (SSSR count). The molecule has 0 saturated heterocycles. The fourth-order valence-corrected chi connectivity index (χ4v) is 11.3. The molecule has 12 aromatic rings. The van der Waals surface area contributed by atoms with Gasteiger partial charge < -0.3 is 13.7 Å². The molecule has 0 aliphatic heterocycles. The standard InChI is InChI=1S/C61H37NO2/c1-2-15-40(16-3-1)62(41-33-29-38(30-34-41)43-22-14-23-47-46-19-7-12-27-55(46)63-59(43)47)42-35-31-39(32-36-42)50-37-54-57(58-49-21-8-13-28-56(49)64-60(50)58)48-20-6-11-26-53(48)61(54)51-24-9-4-17-44(51)45-18-5-10-25-52(45)61/h1-37H. The van der Waals surface area contributed by atoms with Crippen LogP contribution in [0, 0.1) is 0 Å². The van der Waals surface area contributed by atoms with Crippen LogP contribution in [0.1, 0.15) is 22.3 Å². The van der Waals surface area contributed by atoms with E-state index < -0.39 is 5.41 Å². The van der Waals surface area contributed by atoms with Crippen molar-refractivity contribution in [2.24, 2.45) is 0 Å². The molecule has 0 N–H and O–H groups in total. The Hall–Kier alpha value is -8.40. The minimum atomic E-state index is -0.480. The fraction of sp³-hybridized carbons (Fsp3) is 0.0164. The highest BCUT2D eigenvalue weighted by atomic mass is 16.3. The highest BCUT2D eigenvalue weighted by Gasteiger charge is 2.52. The number of furan rings is 2. The van der Waals surface area contributed by atoms with Crippen molar-refractivity contribution < 1.29 is 8.83 Å². The summed E-state index contributed by atoms with van der Waals surface area (Å²) in [7, 11) is 0. The lowest BCUT2D eigenvalue weighted by molar-refractivity contribution is 0.669. The van der Waals surface area contributed by atoms with Crippen LogP contribution in [0.5, 0.6) is 0 Å². The van der Waals surface area contributed by atoms with E-state index in [0.29, 0.717) is 0 Å². The Bertz CT molecular complexity index is 3790. The van der Waals surface area contributed by atoms with Gasteiger partial charge in [-0.15, -0.1) is 0 Å². The van der Waals surface area contributed by atoms with Gasteiger partial charge in [0, 0.05) is 49.7 Å². The molecule has 0 amide bonds. The van der Waals surface area contributed by atoms with Crippen LogP contribution in [-0.4, -0.2) is 0 Å². The molecule has 10 aromatic carbocycles. The average molecular weight is 816 g/mol. The smallest absolute Gasteiger partial charge is 0.143 e. The lowest BCUT2D eigenvalue weighted by atomic mass is 9.70. The van der Waals surface area contributed by atoms with E-state index in [0.717, 1.165) is 77.8 Å². The zero-order chi connectivity index (χ0) is 41.9. The maximum atomic E-state index is 6.96. The van der Waals surface area contributed by atoms with E-state index in [1.54, 1.807) is 0 Å². The van der Waals surface area contributed by atoms with E-state index in [1.165, 1.54) is 49.9 Å². The molecule has 0 bridgehead atoms. The minimum absolute atomic E-state index is 0.480. The van der Waals surface area contributed by atoms with Gasteiger partial charge in [-0.25, -0.2) is 0 Å². The van der Waals surface area contributed by atoms with Gasteiger partial charge in [0.1, 0.15) is 22.3 Å². The van der Waals surface area contributed by atoms with E-state index in [1.807, 2.05) is 12.1 Å². The molecule has 0 radical (unpaired) electrons. The highest BCUT2D eigenvalue weighted by molar-refractivity contribution is 6.20. The van der Waals surface area contributed by atoms with Crippen LogP contribution in [-0.2, 0) is 5.41 Å². The van der Waals surface area contributed by atoms with Crippen molar-refractivity contribution in [2.45, 2.75) is 5.41 Å². The third kappa shape index (κ3) is 4.76. The maximum absolute atomic E-state index is 6.96. The van der Waals surface area contributed by atoms with Crippen LogP contribution in [0.4, 0.5) is 17.1 Å². The van der Waals surface area contributed by atoms with Crippen molar-refractivity contribution in [3.63, 3.8) is 0 Å². The molecule has 2 heterocycles. The number of benzene rings is 10. The Morgan fingerprint density at radius 1 is 0.312 bits per heavy atom. The van der Waals surface area contributed by atoms with Gasteiger partial charge in [0.15, 0.2) is 0 Å². The maximum Gasteiger partial charge on any atom is 0.143 e. The molecular formula is C61H37NO2. The van der Waals surface area contributed by atoms with Crippen molar-refractivity contribution in [1.29, 1.82) is 0 Å². The van der Waals surface area contributed by atoms with Crippen molar-refractivity contribution in [1.82, 2.24) is 0 Å². The fourth-order valence-electron chi connectivity index (χ4n) is 11.3. The van der Waals surface area contributed by atoms with Crippen LogP contribution in [0.25, 0.3) is 88.4 Å². The van der Waals surface area contributed by atoms with Crippen molar-refractivity contribution in [3.05, 3.63) is 247 Å². The summed E-state index contributed by atoms with van der Waals surface area (Å²) in [6, 6.07) is 81.2. The van der Waals surface area contributed by atoms with E-state index in [4.69, 9.17) is 8.83 Å². The highest BCUT2D eigenvalue weighted by Crippen LogP contribution is 2.65. The first-order valence-corrected chi connectivity index (χ1v) is 22.0. The van der Waals surface area contributed by atoms with Crippen LogP contribution in [0.3, 0.4) is 0 Å². The zero-order valence-corrected chi connectivity index (χ0v) is 34.6. The van der Waals surface area contributed by atoms with Crippen LogP contribution < -0.4 is 4.90 Å². The normalized spacial score (nSPS) is 13.1. The summed E-state index contributed by atoms with van der Waals surface area (Å²) in [5, 5.41) is 4.56. The van der Waals surface area contributed by atoms with E-state index in [-0.39, 0.29) is 0 Å². The number of hydrogen-bond donors (Lipinski definition) is 0. The molecule has 1 spiro atoms. The molecule has 298 valence electrons. The lowest BCUT2D eigenvalue weighted by Crippen LogP contribution is -2.25. The Morgan fingerprint density at radius 3 is 1.45 bits per heavy atom. The van der Waals surface area contributed by atoms with E-state index >= 15 is 0 Å². The summed E-state index contributed by atoms with van der Waals surface area (Å²) in [6.07, 6.45) is 0. The minimum Gasteiger partial charge on any atom is -0.455 e. The number of rotatable bonds is 5. The second kappa shape index (κ2) is 13.3. The number of hydrogen-bond acceptors (Lipinski definition) is 3. The quantitative estimate of drug-likeness (QED) is 0.173. The van der Waals surface area contributed by atoms with Crippen molar-refractivity contribution in [3.8, 4) is 44.5 Å². The summed E-state index contributed by atoms with van der Waals surface area (Å²) >= 11 is 0. The Labute approximate surface area is 369 Å². The molecule has 3 heteroatoms. The average Bonchev–Trinajstić information content (AvgIpc) is 4.10. The summed E-state index contributed by atoms with van der Waals surface area (Å²) < 4.78 is 13.4. The number of fused-ring (bicyclic) bond motifs is 17. The molecule has 3 nitrogen and oxygen atoms in total. The van der Waals surface area contributed by atoms with Gasteiger partial charge in [-0.05, 0) is 110 Å². The topological polar surface area (TPSA) is 29.5 Å². The molecule has 0 unspecified atom stereocenters. The lowest BCUT2D eigenvalue weighted by Gasteiger charge is -2.30. The van der Waals surface area contributed by atoms with Gasteiger partial charge in [0.05, 0.1) is 5.41 Å². The molecule has 64 heavy (non-hydrogen) atoms. The van der Waals surface area contributed by atoms with Crippen LogP contribution >= 0.6 is 0 Å². The summed E-state index contributed by atoms with van der Waals surface area (Å²) in [5.74, 6) is 0. The zero-order valence-electron chi connectivity index (χ0n) is 34.6. The van der Waals surface area contributed by atoms with Crippen LogP contribution in [0.15, 0.2) is 233 Å². The summed E-state index contributed by atoms with van der Waals surface area (Å²) in [4.78, 5) is 2.33. The Kier molecular flexibility index (Phi) is 7.32. The monoisotopic (exact) mass is 815 g/mol. The van der Waals surface area contributed by atoms with Crippen molar-refractivity contribution in [2.75, 3.05) is 4.90 Å². The van der Waals surface area contributed by atoms with Gasteiger partial charge in [0.2, 0.25) is 0 Å². The van der Waals surface area contributed by atoms with E-state index in [9.17, 15) is 0 Å². The van der Waals surface area contributed by atoms with Crippen molar-refractivity contribution >= 4 is 60.9 Å². The molecule has 0 fully saturated rings. The molecule has 2 aliphatic rings. The third-order valence-electron chi connectivity index (χ3n) is 13.9. The van der Waals surface area contributed by atoms with Gasteiger partial charge in [-0.2, -0.15) is 0 Å². The molecule has 0 saturated carbocycles. The Morgan fingerprint density at radius 2 is 0.781 bits per heavy atom. The van der Waals surface area contributed by atoms with Crippen LogP contribution in [0.2, 0.25) is 0 Å². The molecule has 2 aromatic heterocycles. The predicted molar refractivity (Wildman–Crippen MR) is 263 cm³/mol. The SMILES string of the molecule is c1ccc(N(c2ccc(-c3cccc4c3oc3ccccc34)cc2)c2ccc(-c3cc4c(c5c3oc3ccccc35)-c3ccccc3C43c4ccccc4-c4ccccc43)cc2)cc1. The second-order valence-corrected chi connectivity index (χ2v) is 17.1. The number of nitrogens with zero attached hydrogens (tertiary/aromatic N) is 1. The largest absolute Gasteiger partial charge is 0.455 e. The first-order chi connectivity index (χ1) is 31.8. The summed E-state index contributed by atoms with van der Waals surface area (Å²) in [6.45, 7) is 0. The van der Waals surface area contributed by atoms with Gasteiger partial charge in [-0.1, -0.05) is 170 Å². The van der Waals surface area contributed by atoms with Gasteiger partial charge >= 0.3 is 0 Å². The predicted octanol–water partition coefficient (Wildman–Crippen LogP) is 16.6. The summed E-state index contributed by atoms with van der Waals surface area (Å²) in [5.41, 5.74) is 21.1. The third-order valence-corrected chi connectivity index (χ3v) is 13.9. The molecular weight excluding hydrogens is 779 g/mol. The molecule has 2 aliphatic carbocycles. The first-order valence-electron chi connectivity index (χ1n) is 22.0. The Balaban J connectivity index is 0.941. The van der Waals surface area contributed by atoms with Gasteiger partial charge in [0.25, 0.3) is 0 Å². The number of para-hydroxylation sites is 4. The second-order valence-electron chi connectivity index (χ2n) is 17.1.